The number of carbonyl (C=O) groups is 4. The van der Waals surface area contributed by atoms with Crippen molar-refractivity contribution in [1.82, 2.24) is 25.1 Å². The number of nitrogens with one attached hydrogen (secondary N) is 1. The monoisotopic (exact) mass is 554 g/mol. The molecule has 206 valence electrons. The minimum atomic E-state index is -0.799. The van der Waals surface area contributed by atoms with Crippen molar-refractivity contribution in [3.8, 4) is 0 Å². The largest absolute Gasteiger partial charge is 0.434 e. The molecule has 39 heavy (non-hydrogen) atoms. The summed E-state index contributed by atoms with van der Waals surface area (Å²) in [5.74, 6) is -0.694. The van der Waals surface area contributed by atoms with Gasteiger partial charge in [-0.25, -0.2) is 9.59 Å². The number of nitrogens with zero attached hydrogens (tertiary/aromatic N) is 5. The lowest BCUT2D eigenvalue weighted by molar-refractivity contribution is -0.151. The summed E-state index contributed by atoms with van der Waals surface area (Å²) in [7, 11) is 2.03. The van der Waals surface area contributed by atoms with Crippen LogP contribution in [0.2, 0.25) is 5.02 Å². The van der Waals surface area contributed by atoms with Gasteiger partial charge in [-0.1, -0.05) is 53.1 Å². The third-order valence-corrected chi connectivity index (χ3v) is 7.71. The van der Waals surface area contributed by atoms with E-state index in [1.165, 1.54) is 4.90 Å². The fourth-order valence-electron chi connectivity index (χ4n) is 4.96. The Bertz CT molecular complexity index is 1240. The minimum Gasteiger partial charge on any atom is -0.367 e. The number of benzene rings is 2. The standard InChI is InChI=1S/C27H31ClN6O5/c1-30-10-12-32(13-11-30)24(35)20-8-5-9-22(23(20)28)31-14-16-33(17-15-31)27(38)39-34-25(36)21(29-26(34)37)18-19-6-3-2-4-7-19/h2-9,21H,10-18H2,1H3,(H,29,37). The summed E-state index contributed by atoms with van der Waals surface area (Å²) in [5.41, 5.74) is 2.07. The number of anilines is 1. The molecule has 0 radical (unpaired) electrons. The van der Waals surface area contributed by atoms with Gasteiger partial charge in [0.1, 0.15) is 6.04 Å². The first-order valence-corrected chi connectivity index (χ1v) is 13.4. The quantitative estimate of drug-likeness (QED) is 0.564. The van der Waals surface area contributed by atoms with Crippen LogP contribution in [0.25, 0.3) is 0 Å². The maximum atomic E-state index is 13.1. The first-order valence-electron chi connectivity index (χ1n) is 13.0. The lowest BCUT2D eigenvalue weighted by Crippen LogP contribution is -2.51. The number of piperazine rings is 2. The number of hydroxylamine groups is 2. The lowest BCUT2D eigenvalue weighted by atomic mass is 10.1. The van der Waals surface area contributed by atoms with E-state index < -0.39 is 24.1 Å². The maximum Gasteiger partial charge on any atom is 0.434 e. The number of rotatable bonds is 5. The van der Waals surface area contributed by atoms with Crippen LogP contribution in [-0.2, 0) is 16.1 Å². The molecule has 5 amide bonds. The molecular formula is C27H31ClN6O5. The normalized spacial score (nSPS) is 20.3. The van der Waals surface area contributed by atoms with E-state index in [-0.39, 0.29) is 5.91 Å². The molecule has 3 fully saturated rings. The number of imide groups is 1. The van der Waals surface area contributed by atoms with Crippen LogP contribution < -0.4 is 10.2 Å². The Balaban J connectivity index is 1.16. The Kier molecular flexibility index (Phi) is 7.89. The summed E-state index contributed by atoms with van der Waals surface area (Å²) in [6.45, 7) is 4.42. The van der Waals surface area contributed by atoms with Gasteiger partial charge >= 0.3 is 12.1 Å². The topological polar surface area (TPSA) is 106 Å². The number of hydrogen-bond acceptors (Lipinski definition) is 7. The Hall–Kier alpha value is -3.83. The first-order chi connectivity index (χ1) is 18.8. The third-order valence-electron chi connectivity index (χ3n) is 7.31. The van der Waals surface area contributed by atoms with Gasteiger partial charge in [0.15, 0.2) is 0 Å². The van der Waals surface area contributed by atoms with E-state index in [1.807, 2.05) is 59.3 Å². The first kappa shape index (κ1) is 26.8. The summed E-state index contributed by atoms with van der Waals surface area (Å²) < 4.78 is 0. The van der Waals surface area contributed by atoms with Gasteiger partial charge in [-0.3, -0.25) is 9.59 Å². The maximum absolute atomic E-state index is 13.1. The number of carbonyl (C=O) groups excluding carboxylic acids is 4. The number of likely N-dealkylation sites (N-methyl/N-ethyl adjacent to an activating group) is 1. The predicted molar refractivity (Wildman–Crippen MR) is 144 cm³/mol. The molecular weight excluding hydrogens is 524 g/mol. The Morgan fingerprint density at radius 1 is 0.897 bits per heavy atom. The second-order valence-electron chi connectivity index (χ2n) is 9.89. The molecule has 1 atom stereocenters. The van der Waals surface area contributed by atoms with Gasteiger partial charge in [0, 0.05) is 58.8 Å². The van der Waals surface area contributed by atoms with E-state index in [0.29, 0.717) is 61.3 Å². The number of urea groups is 1. The van der Waals surface area contributed by atoms with Crippen LogP contribution in [0.1, 0.15) is 15.9 Å². The highest BCUT2D eigenvalue weighted by Crippen LogP contribution is 2.31. The van der Waals surface area contributed by atoms with Gasteiger partial charge in [-0.15, -0.1) is 0 Å². The molecule has 2 aromatic rings. The summed E-state index contributed by atoms with van der Waals surface area (Å²) in [4.78, 5) is 63.6. The second kappa shape index (κ2) is 11.5. The van der Waals surface area contributed by atoms with Crippen molar-refractivity contribution in [2.24, 2.45) is 0 Å². The van der Waals surface area contributed by atoms with Crippen molar-refractivity contribution in [3.05, 3.63) is 64.7 Å². The average Bonchev–Trinajstić information content (AvgIpc) is 3.21. The van der Waals surface area contributed by atoms with Crippen molar-refractivity contribution in [1.29, 1.82) is 0 Å². The summed E-state index contributed by atoms with van der Waals surface area (Å²) in [6.07, 6.45) is -0.474. The molecule has 3 aliphatic rings. The number of amides is 5. The molecule has 1 unspecified atom stereocenters. The molecule has 0 aromatic heterocycles. The zero-order valence-electron chi connectivity index (χ0n) is 21.7. The highest BCUT2D eigenvalue weighted by atomic mass is 35.5. The van der Waals surface area contributed by atoms with Crippen molar-refractivity contribution < 1.29 is 24.0 Å². The molecule has 5 rings (SSSR count). The van der Waals surface area contributed by atoms with Crippen LogP contribution in [0.4, 0.5) is 15.3 Å². The smallest absolute Gasteiger partial charge is 0.367 e. The highest BCUT2D eigenvalue weighted by molar-refractivity contribution is 6.36. The highest BCUT2D eigenvalue weighted by Gasteiger charge is 2.42. The van der Waals surface area contributed by atoms with E-state index in [1.54, 1.807) is 6.07 Å². The molecule has 12 heteroatoms. The van der Waals surface area contributed by atoms with Crippen LogP contribution in [0.3, 0.4) is 0 Å². The van der Waals surface area contributed by atoms with Crippen molar-refractivity contribution in [2.45, 2.75) is 12.5 Å². The fraction of sp³-hybridized carbons (Fsp3) is 0.407. The van der Waals surface area contributed by atoms with Crippen LogP contribution in [0.15, 0.2) is 48.5 Å². The van der Waals surface area contributed by atoms with Crippen LogP contribution in [-0.4, -0.2) is 109 Å². The van der Waals surface area contributed by atoms with E-state index in [0.717, 1.165) is 24.3 Å². The van der Waals surface area contributed by atoms with Crippen LogP contribution in [0.5, 0.6) is 0 Å². The molecule has 1 N–H and O–H groups in total. The predicted octanol–water partition coefficient (Wildman–Crippen LogP) is 2.06. The number of halogens is 1. The van der Waals surface area contributed by atoms with Crippen molar-refractivity contribution >= 4 is 41.2 Å². The lowest BCUT2D eigenvalue weighted by Gasteiger charge is -2.36. The van der Waals surface area contributed by atoms with E-state index >= 15 is 0 Å². The molecule has 3 saturated heterocycles. The summed E-state index contributed by atoms with van der Waals surface area (Å²) >= 11 is 6.71. The van der Waals surface area contributed by atoms with Gasteiger partial charge < -0.3 is 29.8 Å². The van der Waals surface area contributed by atoms with Gasteiger partial charge in [-0.2, -0.15) is 0 Å². The third kappa shape index (κ3) is 5.79. The summed E-state index contributed by atoms with van der Waals surface area (Å²) in [6, 6.07) is 13.1. The molecule has 0 aliphatic carbocycles. The van der Waals surface area contributed by atoms with E-state index in [9.17, 15) is 19.2 Å². The van der Waals surface area contributed by atoms with E-state index in [2.05, 4.69) is 10.2 Å². The molecule has 2 aromatic carbocycles. The molecule has 0 saturated carbocycles. The molecule has 3 aliphatic heterocycles. The van der Waals surface area contributed by atoms with Crippen LogP contribution >= 0.6 is 11.6 Å². The zero-order valence-corrected chi connectivity index (χ0v) is 22.5. The van der Waals surface area contributed by atoms with E-state index in [4.69, 9.17) is 16.4 Å². The van der Waals surface area contributed by atoms with Gasteiger partial charge in [0.2, 0.25) is 0 Å². The Labute approximate surface area is 231 Å². The van der Waals surface area contributed by atoms with Crippen molar-refractivity contribution in [3.63, 3.8) is 0 Å². The summed E-state index contributed by atoms with van der Waals surface area (Å²) in [5, 5.41) is 3.47. The molecule has 3 heterocycles. The van der Waals surface area contributed by atoms with Crippen LogP contribution in [0, 0.1) is 0 Å². The average molecular weight is 555 g/mol. The number of hydrogen-bond donors (Lipinski definition) is 1. The SMILES string of the molecule is CN1CCN(C(=O)c2cccc(N3CCN(C(=O)ON4C(=O)NC(Cc5ccccc5)C4=O)CC3)c2Cl)CC1. The molecule has 0 bridgehead atoms. The molecule has 11 nitrogen and oxygen atoms in total. The second-order valence-corrected chi connectivity index (χ2v) is 10.3. The Morgan fingerprint density at radius 2 is 1.56 bits per heavy atom. The van der Waals surface area contributed by atoms with Gasteiger partial charge in [0.05, 0.1) is 16.3 Å². The van der Waals surface area contributed by atoms with Gasteiger partial charge in [0.25, 0.3) is 11.8 Å². The fourth-order valence-corrected chi connectivity index (χ4v) is 5.29. The minimum absolute atomic E-state index is 0.0868. The zero-order chi connectivity index (χ0) is 27.5. The van der Waals surface area contributed by atoms with Gasteiger partial charge in [-0.05, 0) is 24.7 Å². The Morgan fingerprint density at radius 3 is 2.26 bits per heavy atom. The van der Waals surface area contributed by atoms with Crippen molar-refractivity contribution in [2.75, 3.05) is 64.3 Å². The molecule has 0 spiro atoms.